The zero-order valence-corrected chi connectivity index (χ0v) is 16.1. The number of aromatic nitrogens is 1. The van der Waals surface area contributed by atoms with Crippen LogP contribution < -0.4 is 4.72 Å². The maximum atomic E-state index is 12.9. The molecule has 28 heavy (non-hydrogen) atoms. The summed E-state index contributed by atoms with van der Waals surface area (Å²) >= 11 is 0. The van der Waals surface area contributed by atoms with E-state index in [1.807, 2.05) is 42.5 Å². The van der Waals surface area contributed by atoms with E-state index in [2.05, 4.69) is 9.88 Å². The molecule has 1 amide bonds. The first kappa shape index (κ1) is 18.6. The predicted molar refractivity (Wildman–Crippen MR) is 105 cm³/mol. The van der Waals surface area contributed by atoms with E-state index in [0.29, 0.717) is 36.2 Å². The number of benzene rings is 2. The van der Waals surface area contributed by atoms with Gasteiger partial charge in [0, 0.05) is 24.9 Å². The number of hydrogen-bond donors (Lipinski definition) is 1. The van der Waals surface area contributed by atoms with E-state index in [0.717, 1.165) is 12.0 Å². The molecule has 2 heterocycles. The van der Waals surface area contributed by atoms with Crippen LogP contribution in [-0.2, 0) is 20.6 Å². The average molecular weight is 399 g/mol. The van der Waals surface area contributed by atoms with Crippen molar-refractivity contribution in [2.75, 3.05) is 13.1 Å². The second kappa shape index (κ2) is 7.73. The number of amides is 1. The van der Waals surface area contributed by atoms with Gasteiger partial charge in [-0.2, -0.15) is 0 Å². The third-order valence-electron chi connectivity index (χ3n) is 4.88. The molecule has 8 heteroatoms. The summed E-state index contributed by atoms with van der Waals surface area (Å²) in [4.78, 5) is 13.7. The molecule has 1 aromatic heterocycles. The maximum Gasteiger partial charge on any atom is 0.222 e. The van der Waals surface area contributed by atoms with Gasteiger partial charge in [0.05, 0.1) is 6.04 Å². The molecule has 0 spiro atoms. The number of sulfonamides is 1. The molecule has 146 valence electrons. The normalized spacial score (nSPS) is 16.0. The molecule has 1 saturated heterocycles. The molecular formula is C20H21N3O4S. The van der Waals surface area contributed by atoms with Crippen LogP contribution in [0.2, 0.25) is 0 Å². The van der Waals surface area contributed by atoms with Gasteiger partial charge < -0.3 is 9.42 Å². The van der Waals surface area contributed by atoms with Crippen LogP contribution in [0.25, 0.3) is 11.0 Å². The summed E-state index contributed by atoms with van der Waals surface area (Å²) in [5.41, 5.74) is 1.73. The van der Waals surface area contributed by atoms with E-state index in [9.17, 15) is 13.2 Å². The van der Waals surface area contributed by atoms with Crippen LogP contribution >= 0.6 is 0 Å². The standard InChI is InChI=1S/C20H21N3O4S/c24-20-11-6-12-23(20)13-17(15-7-2-1-3-8-15)22-28(25,26)14-18-16-9-4-5-10-19(16)27-21-18/h1-5,7-10,17,22H,6,11-14H2. The minimum absolute atomic E-state index is 0.0580. The summed E-state index contributed by atoms with van der Waals surface area (Å²) in [6.45, 7) is 0.958. The number of nitrogens with one attached hydrogen (secondary N) is 1. The number of para-hydroxylation sites is 1. The molecule has 1 aliphatic rings. The lowest BCUT2D eigenvalue weighted by Crippen LogP contribution is -2.39. The van der Waals surface area contributed by atoms with Gasteiger partial charge in [0.1, 0.15) is 11.4 Å². The SMILES string of the molecule is O=C1CCCN1CC(NS(=O)(=O)Cc1noc2ccccc12)c1ccccc1. The highest BCUT2D eigenvalue weighted by atomic mass is 32.2. The smallest absolute Gasteiger partial charge is 0.222 e. The van der Waals surface area contributed by atoms with Crippen molar-refractivity contribution in [1.82, 2.24) is 14.8 Å². The molecule has 1 aliphatic heterocycles. The average Bonchev–Trinajstić information content (AvgIpc) is 3.28. The van der Waals surface area contributed by atoms with Crippen molar-refractivity contribution < 1.29 is 17.7 Å². The fraction of sp³-hybridized carbons (Fsp3) is 0.300. The third-order valence-corrected chi connectivity index (χ3v) is 6.17. The topological polar surface area (TPSA) is 92.5 Å². The van der Waals surface area contributed by atoms with Crippen molar-refractivity contribution in [3.63, 3.8) is 0 Å². The van der Waals surface area contributed by atoms with Crippen LogP contribution in [0.3, 0.4) is 0 Å². The zero-order chi connectivity index (χ0) is 19.6. The Bertz CT molecular complexity index is 1080. The number of fused-ring (bicyclic) bond motifs is 1. The van der Waals surface area contributed by atoms with Crippen molar-refractivity contribution in [3.05, 3.63) is 65.9 Å². The van der Waals surface area contributed by atoms with E-state index < -0.39 is 16.1 Å². The van der Waals surface area contributed by atoms with Crippen LogP contribution in [0.4, 0.5) is 0 Å². The fourth-order valence-corrected chi connectivity index (χ4v) is 4.79. The Kier molecular flexibility index (Phi) is 5.15. The second-order valence-electron chi connectivity index (χ2n) is 6.91. The van der Waals surface area contributed by atoms with Crippen molar-refractivity contribution in [2.45, 2.75) is 24.6 Å². The van der Waals surface area contributed by atoms with Gasteiger partial charge in [-0.05, 0) is 24.1 Å². The minimum atomic E-state index is -3.71. The van der Waals surface area contributed by atoms with Gasteiger partial charge in [-0.1, -0.05) is 47.6 Å². The van der Waals surface area contributed by atoms with Crippen molar-refractivity contribution in [3.8, 4) is 0 Å². The fourth-order valence-electron chi connectivity index (χ4n) is 3.49. The first-order chi connectivity index (χ1) is 13.5. The summed E-state index contributed by atoms with van der Waals surface area (Å²) < 4.78 is 33.7. The molecule has 0 aliphatic carbocycles. The molecule has 1 atom stereocenters. The lowest BCUT2D eigenvalue weighted by Gasteiger charge is -2.25. The lowest BCUT2D eigenvalue weighted by molar-refractivity contribution is -0.127. The number of nitrogens with zero attached hydrogens (tertiary/aromatic N) is 2. The lowest BCUT2D eigenvalue weighted by atomic mass is 10.1. The number of rotatable bonds is 7. The molecule has 1 fully saturated rings. The molecule has 0 radical (unpaired) electrons. The van der Waals surface area contributed by atoms with Gasteiger partial charge in [-0.3, -0.25) is 4.79 Å². The molecule has 0 saturated carbocycles. The molecule has 2 aromatic carbocycles. The van der Waals surface area contributed by atoms with Crippen LogP contribution in [0.5, 0.6) is 0 Å². The van der Waals surface area contributed by atoms with Crippen LogP contribution in [-0.4, -0.2) is 37.5 Å². The maximum absolute atomic E-state index is 12.9. The molecule has 1 unspecified atom stereocenters. The van der Waals surface area contributed by atoms with Gasteiger partial charge in [0.25, 0.3) is 0 Å². The summed E-state index contributed by atoms with van der Waals surface area (Å²) in [6, 6.07) is 15.9. The molecule has 3 aromatic rings. The van der Waals surface area contributed by atoms with E-state index in [4.69, 9.17) is 4.52 Å². The van der Waals surface area contributed by atoms with Crippen LogP contribution in [0.15, 0.2) is 59.1 Å². The quantitative estimate of drug-likeness (QED) is 0.659. The zero-order valence-electron chi connectivity index (χ0n) is 15.2. The molecular weight excluding hydrogens is 378 g/mol. The second-order valence-corrected chi connectivity index (χ2v) is 8.66. The highest BCUT2D eigenvalue weighted by Crippen LogP contribution is 2.22. The van der Waals surface area contributed by atoms with Crippen molar-refractivity contribution in [2.24, 2.45) is 0 Å². The van der Waals surface area contributed by atoms with E-state index in [-0.39, 0.29) is 11.7 Å². The van der Waals surface area contributed by atoms with E-state index >= 15 is 0 Å². The Hall–Kier alpha value is -2.71. The van der Waals surface area contributed by atoms with Gasteiger partial charge in [0.15, 0.2) is 5.58 Å². The van der Waals surface area contributed by atoms with Gasteiger partial charge in [-0.25, -0.2) is 13.1 Å². The Balaban J connectivity index is 1.57. The monoisotopic (exact) mass is 399 g/mol. The first-order valence-electron chi connectivity index (χ1n) is 9.18. The molecule has 4 rings (SSSR count). The molecule has 7 nitrogen and oxygen atoms in total. The summed E-state index contributed by atoms with van der Waals surface area (Å²) in [7, 11) is -3.71. The largest absolute Gasteiger partial charge is 0.356 e. The minimum Gasteiger partial charge on any atom is -0.356 e. The highest BCUT2D eigenvalue weighted by Gasteiger charge is 2.28. The highest BCUT2D eigenvalue weighted by molar-refractivity contribution is 7.88. The van der Waals surface area contributed by atoms with Gasteiger partial charge in [0.2, 0.25) is 15.9 Å². The van der Waals surface area contributed by atoms with E-state index in [1.165, 1.54) is 0 Å². The number of carbonyl (C=O) groups excluding carboxylic acids is 1. The van der Waals surface area contributed by atoms with Gasteiger partial charge >= 0.3 is 0 Å². The van der Waals surface area contributed by atoms with E-state index in [1.54, 1.807) is 17.0 Å². The number of likely N-dealkylation sites (tertiary alicyclic amines) is 1. The Morgan fingerprint density at radius 1 is 1.11 bits per heavy atom. The summed E-state index contributed by atoms with van der Waals surface area (Å²) in [5, 5.41) is 4.60. The molecule has 1 N–H and O–H groups in total. The predicted octanol–water partition coefficient (Wildman–Crippen LogP) is 2.61. The van der Waals surface area contributed by atoms with Crippen molar-refractivity contribution in [1.29, 1.82) is 0 Å². The summed E-state index contributed by atoms with van der Waals surface area (Å²) in [5.74, 6) is -0.232. The number of hydrogen-bond acceptors (Lipinski definition) is 5. The van der Waals surface area contributed by atoms with Crippen molar-refractivity contribution >= 4 is 26.9 Å². The summed E-state index contributed by atoms with van der Waals surface area (Å²) in [6.07, 6.45) is 1.32. The van der Waals surface area contributed by atoms with Gasteiger partial charge in [-0.15, -0.1) is 0 Å². The first-order valence-corrected chi connectivity index (χ1v) is 10.8. The molecule has 0 bridgehead atoms. The third kappa shape index (κ3) is 4.07. The number of carbonyl (C=O) groups is 1. The Morgan fingerprint density at radius 2 is 1.86 bits per heavy atom. The van der Waals surface area contributed by atoms with Crippen LogP contribution in [0.1, 0.15) is 30.1 Å². The Labute approximate surface area is 163 Å². The Morgan fingerprint density at radius 3 is 2.61 bits per heavy atom. The van der Waals surface area contributed by atoms with Crippen LogP contribution in [0, 0.1) is 0 Å².